The van der Waals surface area contributed by atoms with Gasteiger partial charge in [0.05, 0.1) is 11.4 Å². The number of nitrogens with one attached hydrogen (secondary N) is 1. The van der Waals surface area contributed by atoms with Gasteiger partial charge >= 0.3 is 0 Å². The van der Waals surface area contributed by atoms with Crippen LogP contribution in [0.5, 0.6) is 5.75 Å². The molecule has 196 valence electrons. The highest BCUT2D eigenvalue weighted by molar-refractivity contribution is 7.89. The number of sulfonamides is 1. The van der Waals surface area contributed by atoms with Gasteiger partial charge in [0.2, 0.25) is 15.9 Å². The molecule has 0 fully saturated rings. The van der Waals surface area contributed by atoms with Gasteiger partial charge in [-0.25, -0.2) is 8.42 Å². The predicted molar refractivity (Wildman–Crippen MR) is 151 cm³/mol. The molecule has 0 unspecified atom stereocenters. The second-order valence-corrected chi connectivity index (χ2v) is 11.2. The first-order valence-corrected chi connectivity index (χ1v) is 13.8. The summed E-state index contributed by atoms with van der Waals surface area (Å²) in [6.07, 6.45) is 0. The minimum atomic E-state index is -3.95. The number of benzene rings is 4. The van der Waals surface area contributed by atoms with Crippen molar-refractivity contribution in [3.8, 4) is 5.75 Å². The van der Waals surface area contributed by atoms with Crippen molar-refractivity contribution in [1.82, 2.24) is 4.31 Å². The third-order valence-corrected chi connectivity index (χ3v) is 8.21. The molecule has 0 atom stereocenters. The lowest BCUT2D eigenvalue weighted by atomic mass is 10.1. The highest BCUT2D eigenvalue weighted by Crippen LogP contribution is 2.27. The lowest BCUT2D eigenvalue weighted by molar-refractivity contribution is -0.116. The highest BCUT2D eigenvalue weighted by Gasteiger charge is 2.30. The van der Waals surface area contributed by atoms with Crippen molar-refractivity contribution >= 4 is 21.6 Å². The fraction of sp³-hybridized carbons (Fsp3) is 0.194. The smallest absolute Gasteiger partial charge is 0.244 e. The number of carbonyl (C=O) groups is 1. The molecule has 0 bridgehead atoms. The Morgan fingerprint density at radius 3 is 1.92 bits per heavy atom. The van der Waals surface area contributed by atoms with Gasteiger partial charge in [0.1, 0.15) is 12.4 Å². The molecule has 1 amide bonds. The Kier molecular flexibility index (Phi) is 8.61. The van der Waals surface area contributed by atoms with Gasteiger partial charge in [-0.3, -0.25) is 4.79 Å². The van der Waals surface area contributed by atoms with Gasteiger partial charge in [0.25, 0.3) is 0 Å². The molecule has 4 aromatic carbocycles. The fourth-order valence-electron chi connectivity index (χ4n) is 4.45. The van der Waals surface area contributed by atoms with Gasteiger partial charge in [-0.1, -0.05) is 78.4 Å². The summed E-state index contributed by atoms with van der Waals surface area (Å²) in [6.45, 7) is 5.70. The maximum Gasteiger partial charge on any atom is 0.244 e. The Morgan fingerprint density at radius 2 is 1.34 bits per heavy atom. The lowest BCUT2D eigenvalue weighted by Gasteiger charge is -2.24. The van der Waals surface area contributed by atoms with Crippen LogP contribution in [0.25, 0.3) is 0 Å². The van der Waals surface area contributed by atoms with Gasteiger partial charge in [-0.05, 0) is 67.3 Å². The van der Waals surface area contributed by atoms with Gasteiger partial charge in [0, 0.05) is 12.2 Å². The van der Waals surface area contributed by atoms with Crippen molar-refractivity contribution < 1.29 is 17.9 Å². The average Bonchev–Trinajstić information content (AvgIpc) is 2.88. The number of rotatable bonds is 10. The van der Waals surface area contributed by atoms with Gasteiger partial charge in [0.15, 0.2) is 0 Å². The minimum Gasteiger partial charge on any atom is -0.489 e. The molecule has 4 aromatic rings. The molecule has 6 nitrogen and oxygen atoms in total. The Balaban J connectivity index is 1.49. The fourth-order valence-corrected chi connectivity index (χ4v) is 6.25. The number of nitrogens with zero attached hydrogens (tertiary/aromatic N) is 1. The molecule has 0 aliphatic carbocycles. The van der Waals surface area contributed by atoms with E-state index in [-0.39, 0.29) is 18.0 Å². The van der Waals surface area contributed by atoms with Crippen molar-refractivity contribution in [2.24, 2.45) is 0 Å². The van der Waals surface area contributed by atoms with E-state index in [1.165, 1.54) is 4.31 Å². The Labute approximate surface area is 225 Å². The zero-order chi connectivity index (χ0) is 27.1. The topological polar surface area (TPSA) is 75.7 Å². The van der Waals surface area contributed by atoms with E-state index in [0.717, 1.165) is 16.7 Å². The van der Waals surface area contributed by atoms with Gasteiger partial charge < -0.3 is 10.1 Å². The zero-order valence-electron chi connectivity index (χ0n) is 21.8. The molecule has 0 aliphatic rings. The van der Waals surface area contributed by atoms with Crippen LogP contribution in [0.1, 0.15) is 27.8 Å². The molecular weight excluding hydrogens is 496 g/mol. The molecule has 0 aliphatic heterocycles. The summed E-state index contributed by atoms with van der Waals surface area (Å²) in [7, 11) is -3.95. The highest BCUT2D eigenvalue weighted by atomic mass is 32.2. The van der Waals surface area contributed by atoms with E-state index >= 15 is 0 Å². The Bertz CT molecular complexity index is 1460. The van der Waals surface area contributed by atoms with Crippen LogP contribution >= 0.6 is 0 Å². The molecule has 0 heterocycles. The number of anilines is 1. The molecule has 0 spiro atoms. The second-order valence-electron chi connectivity index (χ2n) is 9.33. The van der Waals surface area contributed by atoms with Gasteiger partial charge in [-0.2, -0.15) is 4.31 Å². The predicted octanol–water partition coefficient (Wildman–Crippen LogP) is 6.02. The van der Waals surface area contributed by atoms with E-state index in [1.54, 1.807) is 38.1 Å². The maximum absolute atomic E-state index is 13.8. The lowest BCUT2D eigenvalue weighted by Crippen LogP contribution is -2.38. The van der Waals surface area contributed by atoms with Crippen LogP contribution in [-0.4, -0.2) is 25.2 Å². The summed E-state index contributed by atoms with van der Waals surface area (Å²) in [6, 6.07) is 29.8. The van der Waals surface area contributed by atoms with E-state index in [0.29, 0.717) is 29.2 Å². The van der Waals surface area contributed by atoms with Crippen molar-refractivity contribution in [3.05, 3.63) is 125 Å². The van der Waals surface area contributed by atoms with E-state index in [1.807, 2.05) is 79.7 Å². The summed E-state index contributed by atoms with van der Waals surface area (Å²) >= 11 is 0. The minimum absolute atomic E-state index is 0.0790. The third kappa shape index (κ3) is 6.88. The standard InChI is InChI=1S/C31H32N2O4S/c1-23-18-24(2)31(25(3)19-23)38(35,36)33(20-26-10-6-4-7-11-26)21-30(34)32-28-14-16-29(17-15-28)37-22-27-12-8-5-9-13-27/h4-19H,20-22H2,1-3H3,(H,32,34). The number of amides is 1. The molecular formula is C31H32N2O4S. The second kappa shape index (κ2) is 12.1. The molecule has 38 heavy (non-hydrogen) atoms. The first-order chi connectivity index (χ1) is 18.2. The van der Waals surface area contributed by atoms with Gasteiger partial charge in [-0.15, -0.1) is 0 Å². The van der Waals surface area contributed by atoms with Crippen LogP contribution in [0.4, 0.5) is 5.69 Å². The average molecular weight is 529 g/mol. The number of ether oxygens (including phenoxy) is 1. The summed E-state index contributed by atoms with van der Waals surface area (Å²) in [5.41, 5.74) is 4.72. The Hall–Kier alpha value is -3.94. The normalized spacial score (nSPS) is 11.4. The number of hydrogen-bond acceptors (Lipinski definition) is 4. The third-order valence-electron chi connectivity index (χ3n) is 6.11. The van der Waals surface area contributed by atoms with Crippen LogP contribution in [0.15, 0.2) is 102 Å². The number of aryl methyl sites for hydroxylation is 3. The van der Waals surface area contributed by atoms with Crippen molar-refractivity contribution in [2.45, 2.75) is 38.8 Å². The van der Waals surface area contributed by atoms with Crippen molar-refractivity contribution in [2.75, 3.05) is 11.9 Å². The van der Waals surface area contributed by atoms with E-state index < -0.39 is 15.9 Å². The van der Waals surface area contributed by atoms with Crippen molar-refractivity contribution in [1.29, 1.82) is 0 Å². The monoisotopic (exact) mass is 528 g/mol. The molecule has 7 heteroatoms. The zero-order valence-corrected chi connectivity index (χ0v) is 22.7. The maximum atomic E-state index is 13.8. The van der Waals surface area contributed by atoms with Crippen LogP contribution in [0, 0.1) is 20.8 Å². The first-order valence-electron chi connectivity index (χ1n) is 12.4. The number of carbonyl (C=O) groups excluding carboxylic acids is 1. The summed E-state index contributed by atoms with van der Waals surface area (Å²) < 4.78 is 34.7. The molecule has 0 saturated heterocycles. The molecule has 0 saturated carbocycles. The van der Waals surface area contributed by atoms with E-state index in [9.17, 15) is 13.2 Å². The van der Waals surface area contributed by atoms with Crippen molar-refractivity contribution in [3.63, 3.8) is 0 Å². The number of hydrogen-bond donors (Lipinski definition) is 1. The van der Waals surface area contributed by atoms with Crippen LogP contribution < -0.4 is 10.1 Å². The van der Waals surface area contributed by atoms with Crippen LogP contribution in [-0.2, 0) is 28.0 Å². The summed E-state index contributed by atoms with van der Waals surface area (Å²) in [5, 5.41) is 2.82. The quantitative estimate of drug-likeness (QED) is 0.273. The SMILES string of the molecule is Cc1cc(C)c(S(=O)(=O)N(CC(=O)Nc2ccc(OCc3ccccc3)cc2)Cc2ccccc2)c(C)c1. The Morgan fingerprint density at radius 1 is 0.789 bits per heavy atom. The first kappa shape index (κ1) is 27.1. The van der Waals surface area contributed by atoms with E-state index in [2.05, 4.69) is 5.32 Å². The molecule has 0 radical (unpaired) electrons. The summed E-state index contributed by atoms with van der Waals surface area (Å²) in [5.74, 6) is 0.246. The largest absolute Gasteiger partial charge is 0.489 e. The molecule has 1 N–H and O–H groups in total. The molecule has 4 rings (SSSR count). The van der Waals surface area contributed by atoms with E-state index in [4.69, 9.17) is 4.74 Å². The van der Waals surface area contributed by atoms with Crippen LogP contribution in [0.2, 0.25) is 0 Å². The van der Waals surface area contributed by atoms with Crippen LogP contribution in [0.3, 0.4) is 0 Å². The molecule has 0 aromatic heterocycles. The summed E-state index contributed by atoms with van der Waals surface area (Å²) in [4.78, 5) is 13.3.